The van der Waals surface area contributed by atoms with Gasteiger partial charge in [0.15, 0.2) is 6.29 Å². The van der Waals surface area contributed by atoms with Crippen molar-refractivity contribution in [2.45, 2.75) is 257 Å². The summed E-state index contributed by atoms with van der Waals surface area (Å²) in [4.78, 5) is 26.6. The smallest absolute Gasteiger partial charge is 0.305 e. The van der Waals surface area contributed by atoms with Gasteiger partial charge in [0.05, 0.1) is 26.4 Å². The van der Waals surface area contributed by atoms with E-state index >= 15 is 0 Å². The standard InChI is InChI=1S/C52H99NO8/c1-4-6-8-10-12-14-16-20-26-34-50(54)58-43-30-24-18-22-28-41-56-45-48-49(61-52(60-48)36-32-33-47-37-39-53(3)40-38-47)46-57-42-29-23-19-25-31-44-59-51(55)35-27-21-17-15-13-11-9-7-5-2/h47-49,52H,4-46H2,1-3H3. The number of hydrogen-bond donors (Lipinski definition) is 0. The lowest BCUT2D eigenvalue weighted by Crippen LogP contribution is -2.32. The zero-order valence-corrected chi connectivity index (χ0v) is 40.4. The van der Waals surface area contributed by atoms with E-state index in [0.717, 1.165) is 122 Å². The highest BCUT2D eigenvalue weighted by Gasteiger charge is 2.36. The molecular formula is C52H99NO8. The fourth-order valence-corrected chi connectivity index (χ4v) is 8.70. The molecule has 9 heteroatoms. The third kappa shape index (κ3) is 33.9. The highest BCUT2D eigenvalue weighted by Crippen LogP contribution is 2.27. The van der Waals surface area contributed by atoms with Crippen molar-refractivity contribution in [2.75, 3.05) is 59.8 Å². The quantitative estimate of drug-likeness (QED) is 0.0438. The molecule has 0 aromatic rings. The molecule has 2 unspecified atom stereocenters. The molecule has 2 rings (SSSR count). The molecule has 0 N–H and O–H groups in total. The lowest BCUT2D eigenvalue weighted by molar-refractivity contribution is -0.144. The van der Waals surface area contributed by atoms with Crippen LogP contribution in [0.3, 0.4) is 0 Å². The van der Waals surface area contributed by atoms with Crippen LogP contribution in [0, 0.1) is 5.92 Å². The maximum absolute atomic E-state index is 12.1. The molecule has 2 saturated heterocycles. The first-order valence-corrected chi connectivity index (χ1v) is 26.5. The molecule has 0 aliphatic carbocycles. The summed E-state index contributed by atoms with van der Waals surface area (Å²) in [7, 11) is 2.23. The van der Waals surface area contributed by atoms with Crippen LogP contribution < -0.4 is 0 Å². The fourth-order valence-electron chi connectivity index (χ4n) is 8.70. The summed E-state index contributed by atoms with van der Waals surface area (Å²) >= 11 is 0. The predicted molar refractivity (Wildman–Crippen MR) is 251 cm³/mol. The molecule has 0 radical (unpaired) electrons. The second kappa shape index (κ2) is 41.4. The molecular weight excluding hydrogens is 767 g/mol. The lowest BCUT2D eigenvalue weighted by atomic mass is 9.92. The highest BCUT2D eigenvalue weighted by atomic mass is 16.7. The van der Waals surface area contributed by atoms with E-state index in [2.05, 4.69) is 25.8 Å². The lowest BCUT2D eigenvalue weighted by Gasteiger charge is -2.29. The van der Waals surface area contributed by atoms with Gasteiger partial charge in [0.2, 0.25) is 0 Å². The predicted octanol–water partition coefficient (Wildman–Crippen LogP) is 13.5. The Labute approximate surface area is 376 Å². The minimum atomic E-state index is -0.174. The molecule has 0 aromatic carbocycles. The van der Waals surface area contributed by atoms with Gasteiger partial charge in [-0.2, -0.15) is 0 Å². The summed E-state index contributed by atoms with van der Waals surface area (Å²) in [5.41, 5.74) is 0. The van der Waals surface area contributed by atoms with Crippen molar-refractivity contribution in [1.29, 1.82) is 0 Å². The van der Waals surface area contributed by atoms with Crippen LogP contribution in [0.1, 0.15) is 239 Å². The largest absolute Gasteiger partial charge is 0.466 e. The van der Waals surface area contributed by atoms with E-state index in [0.29, 0.717) is 39.3 Å². The number of nitrogens with zero attached hydrogens (tertiary/aromatic N) is 1. The number of rotatable bonds is 44. The molecule has 0 amide bonds. The van der Waals surface area contributed by atoms with E-state index in [9.17, 15) is 9.59 Å². The van der Waals surface area contributed by atoms with E-state index in [4.69, 9.17) is 28.4 Å². The summed E-state index contributed by atoms with van der Waals surface area (Å²) < 4.78 is 36.1. The van der Waals surface area contributed by atoms with Gasteiger partial charge < -0.3 is 33.3 Å². The SMILES string of the molecule is CCCCCCCCCCCC(=O)OCCCCCCCOCC1OC(CCCC2CCN(C)CC2)OC1COCCCCCCCOC(=O)CCCCCCCCCCC. The fraction of sp³-hybridized carbons (Fsp3) is 0.962. The Kier molecular flexibility index (Phi) is 38.0. The number of esters is 2. The molecule has 0 saturated carbocycles. The van der Waals surface area contributed by atoms with Crippen molar-refractivity contribution in [3.8, 4) is 0 Å². The number of hydrogen-bond acceptors (Lipinski definition) is 9. The molecule has 360 valence electrons. The number of unbranched alkanes of at least 4 members (excludes halogenated alkanes) is 24. The monoisotopic (exact) mass is 866 g/mol. The number of carbonyl (C=O) groups excluding carboxylic acids is 2. The van der Waals surface area contributed by atoms with Crippen molar-refractivity contribution in [3.05, 3.63) is 0 Å². The van der Waals surface area contributed by atoms with Gasteiger partial charge in [0, 0.05) is 26.1 Å². The number of likely N-dealkylation sites (tertiary alicyclic amines) is 1. The minimum Gasteiger partial charge on any atom is -0.466 e. The Hall–Kier alpha value is -1.26. The topological polar surface area (TPSA) is 92.8 Å². The molecule has 2 atom stereocenters. The molecule has 0 spiro atoms. The van der Waals surface area contributed by atoms with Crippen molar-refractivity contribution in [3.63, 3.8) is 0 Å². The third-order valence-electron chi connectivity index (χ3n) is 12.9. The van der Waals surface area contributed by atoms with Crippen LogP contribution in [-0.2, 0) is 38.0 Å². The number of ether oxygens (including phenoxy) is 6. The summed E-state index contributed by atoms with van der Waals surface area (Å²) in [6.07, 6.45) is 40.0. The van der Waals surface area contributed by atoms with Gasteiger partial charge >= 0.3 is 11.9 Å². The Balaban J connectivity index is 1.49. The third-order valence-corrected chi connectivity index (χ3v) is 12.9. The van der Waals surface area contributed by atoms with Gasteiger partial charge in [-0.3, -0.25) is 9.59 Å². The highest BCUT2D eigenvalue weighted by molar-refractivity contribution is 5.69. The Morgan fingerprint density at radius 1 is 0.459 bits per heavy atom. The normalized spacial score (nSPS) is 18.6. The molecule has 2 aliphatic heterocycles. The average molecular weight is 866 g/mol. The van der Waals surface area contributed by atoms with Crippen molar-refractivity contribution >= 4 is 11.9 Å². The second-order valence-corrected chi connectivity index (χ2v) is 18.7. The molecule has 2 aliphatic rings. The van der Waals surface area contributed by atoms with Crippen LogP contribution in [0.25, 0.3) is 0 Å². The summed E-state index contributed by atoms with van der Waals surface area (Å²) in [5.74, 6) is 0.767. The number of carbonyl (C=O) groups is 2. The van der Waals surface area contributed by atoms with Gasteiger partial charge in [-0.05, 0) is 90.3 Å². The molecule has 61 heavy (non-hydrogen) atoms. The summed E-state index contributed by atoms with van der Waals surface area (Å²) in [6.45, 7) is 10.6. The molecule has 9 nitrogen and oxygen atoms in total. The summed E-state index contributed by atoms with van der Waals surface area (Å²) in [6, 6.07) is 0. The average Bonchev–Trinajstić information content (AvgIpc) is 3.65. The van der Waals surface area contributed by atoms with Crippen LogP contribution in [-0.4, -0.2) is 95.1 Å². The zero-order chi connectivity index (χ0) is 43.7. The second-order valence-electron chi connectivity index (χ2n) is 18.7. The van der Waals surface area contributed by atoms with E-state index in [1.807, 2.05) is 0 Å². The van der Waals surface area contributed by atoms with Crippen molar-refractivity contribution in [2.24, 2.45) is 5.92 Å². The van der Waals surface area contributed by atoms with E-state index in [1.54, 1.807) is 0 Å². The van der Waals surface area contributed by atoms with Gasteiger partial charge in [-0.1, -0.05) is 162 Å². The van der Waals surface area contributed by atoms with E-state index < -0.39 is 0 Å². The molecule has 0 aromatic heterocycles. The van der Waals surface area contributed by atoms with Gasteiger partial charge in [0.1, 0.15) is 12.2 Å². The zero-order valence-electron chi connectivity index (χ0n) is 40.4. The maximum Gasteiger partial charge on any atom is 0.305 e. The Bertz CT molecular complexity index is 913. The van der Waals surface area contributed by atoms with Crippen LogP contribution >= 0.6 is 0 Å². The van der Waals surface area contributed by atoms with Gasteiger partial charge in [-0.25, -0.2) is 0 Å². The van der Waals surface area contributed by atoms with Crippen LogP contribution in [0.5, 0.6) is 0 Å². The van der Waals surface area contributed by atoms with Crippen LogP contribution in [0.4, 0.5) is 0 Å². The first-order chi connectivity index (χ1) is 30.0. The molecule has 2 heterocycles. The molecule has 0 bridgehead atoms. The van der Waals surface area contributed by atoms with Crippen molar-refractivity contribution in [1.82, 2.24) is 4.90 Å². The first-order valence-electron chi connectivity index (χ1n) is 26.5. The van der Waals surface area contributed by atoms with Crippen LogP contribution in [0.2, 0.25) is 0 Å². The Morgan fingerprint density at radius 3 is 1.23 bits per heavy atom. The maximum atomic E-state index is 12.1. The van der Waals surface area contributed by atoms with Gasteiger partial charge in [0.25, 0.3) is 0 Å². The molecule has 2 fully saturated rings. The van der Waals surface area contributed by atoms with E-state index in [-0.39, 0.29) is 30.4 Å². The van der Waals surface area contributed by atoms with E-state index in [1.165, 1.54) is 122 Å². The van der Waals surface area contributed by atoms with Crippen molar-refractivity contribution < 1.29 is 38.0 Å². The first kappa shape index (κ1) is 55.9. The number of piperidine rings is 1. The summed E-state index contributed by atoms with van der Waals surface area (Å²) in [5, 5.41) is 0. The Morgan fingerprint density at radius 2 is 0.820 bits per heavy atom. The van der Waals surface area contributed by atoms with Gasteiger partial charge in [-0.15, -0.1) is 0 Å². The van der Waals surface area contributed by atoms with Crippen LogP contribution in [0.15, 0.2) is 0 Å². The minimum absolute atomic E-state index is 0.0281.